The first-order chi connectivity index (χ1) is 10.1. The molecule has 2 heterocycles. The average molecular weight is 286 g/mol. The molecule has 7 nitrogen and oxygen atoms in total. The number of aromatic nitrogens is 3. The van der Waals surface area contributed by atoms with Crippen molar-refractivity contribution in [3.05, 3.63) is 35.7 Å². The lowest BCUT2D eigenvalue weighted by molar-refractivity contribution is 0.0515. The van der Waals surface area contributed by atoms with E-state index in [0.717, 1.165) is 5.69 Å². The number of fused-ring (bicyclic) bond motifs is 1. The van der Waals surface area contributed by atoms with Crippen LogP contribution in [0.25, 0.3) is 16.7 Å². The Hall–Kier alpha value is -2.83. The summed E-state index contributed by atoms with van der Waals surface area (Å²) >= 11 is 0. The number of nitrogens with two attached hydrogens (primary N) is 1. The standard InChI is InChI=1S/C14H14N4O3/c1-3-20-14(19)11-6-8(2)16-18(11)9-4-5-12-10(7-9)13(15)17-21-12/h4-7H,3H2,1-2H3,(H2,15,17). The molecule has 0 aliphatic carbocycles. The molecule has 3 rings (SSSR count). The summed E-state index contributed by atoms with van der Waals surface area (Å²) in [6, 6.07) is 6.97. The number of nitrogen functional groups attached to an aromatic ring is 1. The van der Waals surface area contributed by atoms with Crippen LogP contribution in [0.5, 0.6) is 0 Å². The summed E-state index contributed by atoms with van der Waals surface area (Å²) < 4.78 is 11.6. The van der Waals surface area contributed by atoms with Gasteiger partial charge in [0.1, 0.15) is 0 Å². The van der Waals surface area contributed by atoms with Crippen LogP contribution in [-0.4, -0.2) is 27.5 Å². The SMILES string of the molecule is CCOC(=O)c1cc(C)nn1-c1ccc2onc(N)c2c1. The Bertz CT molecular complexity index is 819. The molecular formula is C14H14N4O3. The van der Waals surface area contributed by atoms with Gasteiger partial charge in [0.25, 0.3) is 0 Å². The Morgan fingerprint density at radius 3 is 3.00 bits per heavy atom. The first-order valence-electron chi connectivity index (χ1n) is 6.49. The van der Waals surface area contributed by atoms with E-state index in [2.05, 4.69) is 10.3 Å². The number of hydrogen-bond donors (Lipinski definition) is 1. The molecule has 1 aromatic carbocycles. The number of aryl methyl sites for hydroxylation is 1. The highest BCUT2D eigenvalue weighted by atomic mass is 16.5. The smallest absolute Gasteiger partial charge is 0.357 e. The summed E-state index contributed by atoms with van der Waals surface area (Å²) in [6.07, 6.45) is 0. The highest BCUT2D eigenvalue weighted by molar-refractivity contribution is 5.90. The fraction of sp³-hybridized carbons (Fsp3) is 0.214. The third-order valence-electron chi connectivity index (χ3n) is 3.04. The first kappa shape index (κ1) is 13.2. The molecule has 21 heavy (non-hydrogen) atoms. The largest absolute Gasteiger partial charge is 0.461 e. The Morgan fingerprint density at radius 2 is 2.24 bits per heavy atom. The van der Waals surface area contributed by atoms with Crippen LogP contribution in [0.1, 0.15) is 23.1 Å². The molecule has 7 heteroatoms. The van der Waals surface area contributed by atoms with Gasteiger partial charge in [-0.3, -0.25) is 0 Å². The van der Waals surface area contributed by atoms with Gasteiger partial charge < -0.3 is 15.0 Å². The molecule has 0 aliphatic rings. The van der Waals surface area contributed by atoms with Gasteiger partial charge in [-0.1, -0.05) is 5.16 Å². The third-order valence-corrected chi connectivity index (χ3v) is 3.04. The van der Waals surface area contributed by atoms with Crippen LogP contribution in [0.3, 0.4) is 0 Å². The van der Waals surface area contributed by atoms with Crippen LogP contribution in [0.4, 0.5) is 5.82 Å². The Balaban J connectivity index is 2.13. The fourth-order valence-electron chi connectivity index (χ4n) is 2.12. The lowest BCUT2D eigenvalue weighted by atomic mass is 10.2. The number of rotatable bonds is 3. The van der Waals surface area contributed by atoms with Crippen LogP contribution in [0.2, 0.25) is 0 Å². The van der Waals surface area contributed by atoms with E-state index in [-0.39, 0.29) is 0 Å². The Kier molecular flexibility index (Phi) is 3.09. The number of anilines is 1. The summed E-state index contributed by atoms with van der Waals surface area (Å²) in [6.45, 7) is 3.88. The monoisotopic (exact) mass is 286 g/mol. The Labute approximate surface area is 120 Å². The molecule has 0 radical (unpaired) electrons. The second kappa shape index (κ2) is 4.93. The molecule has 0 saturated carbocycles. The summed E-state index contributed by atoms with van der Waals surface area (Å²) in [5, 5.41) is 8.71. The molecule has 0 spiro atoms. The van der Waals surface area contributed by atoms with E-state index < -0.39 is 5.97 Å². The summed E-state index contributed by atoms with van der Waals surface area (Å²) in [4.78, 5) is 12.0. The lowest BCUT2D eigenvalue weighted by Gasteiger charge is -2.06. The number of ether oxygens (including phenoxy) is 1. The zero-order chi connectivity index (χ0) is 15.0. The molecule has 0 saturated heterocycles. The van der Waals surface area contributed by atoms with Crippen molar-refractivity contribution in [1.29, 1.82) is 0 Å². The molecule has 0 amide bonds. The third kappa shape index (κ3) is 2.22. The molecule has 2 N–H and O–H groups in total. The fourth-order valence-corrected chi connectivity index (χ4v) is 2.12. The van der Waals surface area contributed by atoms with Gasteiger partial charge in [-0.25, -0.2) is 9.48 Å². The molecule has 108 valence electrons. The zero-order valence-electron chi connectivity index (χ0n) is 11.7. The lowest BCUT2D eigenvalue weighted by Crippen LogP contribution is -2.11. The van der Waals surface area contributed by atoms with Gasteiger partial charge in [0.2, 0.25) is 0 Å². The average Bonchev–Trinajstić information content (AvgIpc) is 3.03. The second-order valence-corrected chi connectivity index (χ2v) is 4.55. The maximum atomic E-state index is 12.0. The maximum absolute atomic E-state index is 12.0. The maximum Gasteiger partial charge on any atom is 0.357 e. The molecular weight excluding hydrogens is 272 g/mol. The van der Waals surface area contributed by atoms with Crippen LogP contribution < -0.4 is 5.73 Å². The molecule has 2 aromatic heterocycles. The number of carbonyl (C=O) groups excluding carboxylic acids is 1. The van der Waals surface area contributed by atoms with Gasteiger partial charge in [-0.15, -0.1) is 0 Å². The number of esters is 1. The van der Waals surface area contributed by atoms with Crippen molar-refractivity contribution in [1.82, 2.24) is 14.9 Å². The van der Waals surface area contributed by atoms with Gasteiger partial charge >= 0.3 is 5.97 Å². The molecule has 0 fully saturated rings. The topological polar surface area (TPSA) is 96.2 Å². The van der Waals surface area contributed by atoms with E-state index in [4.69, 9.17) is 15.0 Å². The summed E-state index contributed by atoms with van der Waals surface area (Å²) in [7, 11) is 0. The number of benzene rings is 1. The minimum absolute atomic E-state index is 0.299. The van der Waals surface area contributed by atoms with Crippen LogP contribution in [0, 0.1) is 6.92 Å². The van der Waals surface area contributed by atoms with Crippen molar-refractivity contribution in [2.75, 3.05) is 12.3 Å². The van der Waals surface area contributed by atoms with Gasteiger partial charge in [0.15, 0.2) is 17.1 Å². The predicted molar refractivity (Wildman–Crippen MR) is 76.2 cm³/mol. The molecule has 0 unspecified atom stereocenters. The van der Waals surface area contributed by atoms with Crippen molar-refractivity contribution in [3.63, 3.8) is 0 Å². The van der Waals surface area contributed by atoms with Crippen LogP contribution >= 0.6 is 0 Å². The van der Waals surface area contributed by atoms with Crippen molar-refractivity contribution in [2.24, 2.45) is 0 Å². The van der Waals surface area contributed by atoms with E-state index in [0.29, 0.717) is 34.8 Å². The molecule has 3 aromatic rings. The number of hydrogen-bond acceptors (Lipinski definition) is 6. The van der Waals surface area contributed by atoms with Crippen molar-refractivity contribution in [3.8, 4) is 5.69 Å². The molecule has 0 aliphatic heterocycles. The van der Waals surface area contributed by atoms with Crippen molar-refractivity contribution >= 4 is 22.8 Å². The molecule has 0 atom stereocenters. The molecule has 0 bridgehead atoms. The van der Waals surface area contributed by atoms with Crippen LogP contribution in [-0.2, 0) is 4.74 Å². The van der Waals surface area contributed by atoms with E-state index >= 15 is 0 Å². The van der Waals surface area contributed by atoms with Gasteiger partial charge in [-0.2, -0.15) is 5.10 Å². The van der Waals surface area contributed by atoms with Gasteiger partial charge in [0, 0.05) is 0 Å². The highest BCUT2D eigenvalue weighted by Crippen LogP contribution is 2.24. The quantitative estimate of drug-likeness (QED) is 0.740. The highest BCUT2D eigenvalue weighted by Gasteiger charge is 2.17. The number of carbonyl (C=O) groups is 1. The van der Waals surface area contributed by atoms with E-state index in [1.807, 2.05) is 6.92 Å². The van der Waals surface area contributed by atoms with Crippen molar-refractivity contribution in [2.45, 2.75) is 13.8 Å². The minimum atomic E-state index is -0.420. The van der Waals surface area contributed by atoms with E-state index in [1.165, 1.54) is 4.68 Å². The van der Waals surface area contributed by atoms with Crippen LogP contribution in [0.15, 0.2) is 28.8 Å². The van der Waals surface area contributed by atoms with E-state index in [1.54, 1.807) is 31.2 Å². The van der Waals surface area contributed by atoms with Gasteiger partial charge in [-0.05, 0) is 38.1 Å². The summed E-state index contributed by atoms with van der Waals surface area (Å²) in [5.74, 6) is -0.120. The first-order valence-corrected chi connectivity index (χ1v) is 6.49. The zero-order valence-corrected chi connectivity index (χ0v) is 11.7. The summed E-state index contributed by atoms with van der Waals surface area (Å²) in [5.41, 5.74) is 8.10. The normalized spacial score (nSPS) is 11.0. The van der Waals surface area contributed by atoms with Crippen molar-refractivity contribution < 1.29 is 14.1 Å². The van der Waals surface area contributed by atoms with Gasteiger partial charge in [0.05, 0.1) is 23.4 Å². The Morgan fingerprint density at radius 1 is 1.43 bits per heavy atom. The second-order valence-electron chi connectivity index (χ2n) is 4.55. The van der Waals surface area contributed by atoms with E-state index in [9.17, 15) is 4.79 Å². The number of nitrogens with zero attached hydrogens (tertiary/aromatic N) is 3. The minimum Gasteiger partial charge on any atom is -0.461 e. The predicted octanol–water partition coefficient (Wildman–Crippen LogP) is 2.08.